The first-order valence-electron chi connectivity index (χ1n) is 7.40. The highest BCUT2D eigenvalue weighted by atomic mass is 19.4. The van der Waals surface area contributed by atoms with Gasteiger partial charge >= 0.3 is 6.18 Å². The van der Waals surface area contributed by atoms with Gasteiger partial charge in [-0.25, -0.2) is 4.39 Å². The highest BCUT2D eigenvalue weighted by Crippen LogP contribution is 2.37. The lowest BCUT2D eigenvalue weighted by Gasteiger charge is -2.29. The number of fused-ring (bicyclic) bond motifs is 1. The molecule has 1 saturated heterocycles. The third-order valence-electron chi connectivity index (χ3n) is 4.39. The van der Waals surface area contributed by atoms with Crippen LogP contribution in [-0.4, -0.2) is 23.7 Å². The lowest BCUT2D eigenvalue weighted by molar-refractivity contribution is -0.136. The fraction of sp³-hybridized carbons (Fsp3) is 0.438. The Kier molecular flexibility index (Phi) is 3.82. The van der Waals surface area contributed by atoms with Crippen molar-refractivity contribution < 1.29 is 17.6 Å². The molecule has 0 amide bonds. The average Bonchev–Trinajstić information content (AvgIpc) is 2.86. The minimum atomic E-state index is -4.62. The third-order valence-corrected chi connectivity index (χ3v) is 4.39. The largest absolute Gasteiger partial charge is 0.417 e. The number of aromatic nitrogens is 1. The van der Waals surface area contributed by atoms with Crippen molar-refractivity contribution in [3.8, 4) is 0 Å². The van der Waals surface area contributed by atoms with Crippen LogP contribution in [0, 0.1) is 0 Å². The lowest BCUT2D eigenvalue weighted by Crippen LogP contribution is -2.35. The predicted octanol–water partition coefficient (Wildman–Crippen LogP) is 3.87. The van der Waals surface area contributed by atoms with Crippen molar-refractivity contribution >= 4 is 16.6 Å². The van der Waals surface area contributed by atoms with E-state index < -0.39 is 24.0 Å². The van der Waals surface area contributed by atoms with Crippen LogP contribution in [0.25, 0.3) is 10.9 Å². The smallest absolute Gasteiger partial charge is 0.363 e. The maximum atomic E-state index is 13.2. The van der Waals surface area contributed by atoms with Gasteiger partial charge in [-0.1, -0.05) is 0 Å². The normalized spacial score (nSPS) is 22.0. The van der Waals surface area contributed by atoms with Gasteiger partial charge in [-0.05, 0) is 38.0 Å². The van der Waals surface area contributed by atoms with E-state index in [4.69, 9.17) is 0 Å². The summed E-state index contributed by atoms with van der Waals surface area (Å²) in [5.74, 6) is 0. The summed E-state index contributed by atoms with van der Waals surface area (Å²) in [5.41, 5.74) is -1.10. The lowest BCUT2D eigenvalue weighted by atomic mass is 10.1. The molecule has 2 aromatic rings. The van der Waals surface area contributed by atoms with Crippen LogP contribution in [-0.2, 0) is 6.18 Å². The minimum absolute atomic E-state index is 0.0605. The van der Waals surface area contributed by atoms with Gasteiger partial charge < -0.3 is 9.88 Å². The van der Waals surface area contributed by atoms with Crippen LogP contribution in [0.4, 0.5) is 23.2 Å². The van der Waals surface area contributed by atoms with E-state index in [2.05, 4.69) is 4.98 Å². The van der Waals surface area contributed by atoms with Crippen molar-refractivity contribution in [2.24, 2.45) is 0 Å². The molecule has 0 bridgehead atoms. The second-order valence-electron chi connectivity index (χ2n) is 5.92. The summed E-state index contributed by atoms with van der Waals surface area (Å²) in [6.07, 6.45) is -3.15. The van der Waals surface area contributed by atoms with E-state index in [0.29, 0.717) is 18.2 Å². The molecule has 2 heterocycles. The number of benzene rings is 1. The van der Waals surface area contributed by atoms with Crippen LogP contribution in [0.5, 0.6) is 0 Å². The molecule has 2 atom stereocenters. The van der Waals surface area contributed by atoms with Gasteiger partial charge in [0.1, 0.15) is 6.67 Å². The number of hydrogen-bond donors (Lipinski definition) is 1. The Morgan fingerprint density at radius 1 is 1.26 bits per heavy atom. The summed E-state index contributed by atoms with van der Waals surface area (Å²) in [4.78, 5) is 15.7. The average molecular weight is 328 g/mol. The van der Waals surface area contributed by atoms with E-state index in [9.17, 15) is 22.4 Å². The molecular weight excluding hydrogens is 312 g/mol. The first kappa shape index (κ1) is 15.8. The quantitative estimate of drug-likeness (QED) is 0.850. The summed E-state index contributed by atoms with van der Waals surface area (Å²) in [7, 11) is 0. The van der Waals surface area contributed by atoms with Gasteiger partial charge in [-0.15, -0.1) is 0 Å². The maximum absolute atomic E-state index is 13.2. The third kappa shape index (κ3) is 2.80. The van der Waals surface area contributed by atoms with Crippen molar-refractivity contribution in [3.05, 3.63) is 40.2 Å². The second-order valence-corrected chi connectivity index (χ2v) is 5.92. The number of rotatable bonds is 2. The first-order valence-corrected chi connectivity index (χ1v) is 7.40. The molecule has 0 aliphatic carbocycles. The summed E-state index contributed by atoms with van der Waals surface area (Å²) < 4.78 is 52.8. The molecule has 1 fully saturated rings. The fourth-order valence-electron chi connectivity index (χ4n) is 3.33. The Balaban J connectivity index is 2.18. The fourth-order valence-corrected chi connectivity index (χ4v) is 3.33. The topological polar surface area (TPSA) is 36.1 Å². The summed E-state index contributed by atoms with van der Waals surface area (Å²) in [6, 6.07) is 4.76. The number of pyridine rings is 1. The Morgan fingerprint density at radius 2 is 2.00 bits per heavy atom. The van der Waals surface area contributed by atoms with Gasteiger partial charge in [0, 0.05) is 28.7 Å². The molecule has 0 saturated carbocycles. The van der Waals surface area contributed by atoms with Crippen molar-refractivity contribution in [3.63, 3.8) is 0 Å². The molecule has 3 nitrogen and oxygen atoms in total. The van der Waals surface area contributed by atoms with E-state index in [1.807, 2.05) is 11.8 Å². The monoisotopic (exact) mass is 328 g/mol. The molecule has 124 valence electrons. The van der Waals surface area contributed by atoms with Crippen molar-refractivity contribution in [2.75, 3.05) is 11.6 Å². The van der Waals surface area contributed by atoms with E-state index in [1.54, 1.807) is 6.07 Å². The summed E-state index contributed by atoms with van der Waals surface area (Å²) in [5, 5.41) is -0.0775. The Hall–Kier alpha value is -2.05. The number of nitrogens with zero attached hydrogens (tertiary/aromatic N) is 1. The summed E-state index contributed by atoms with van der Waals surface area (Å²) >= 11 is 0. The number of anilines is 1. The molecule has 1 aliphatic rings. The van der Waals surface area contributed by atoms with Crippen LogP contribution in [0.2, 0.25) is 0 Å². The standard InChI is InChI=1S/C16H16F4N2O/c1-9-2-3-11(8-17)22(9)10-4-5-14-12(6-10)13(16(18,19)20)7-15(23)21-14/h4-7,9,11H,2-3,8H2,1H3,(H,21,23)/t9-,11+/m0/s1. The molecule has 7 heteroatoms. The number of alkyl halides is 4. The van der Waals surface area contributed by atoms with Crippen molar-refractivity contribution in [1.29, 1.82) is 0 Å². The molecule has 0 spiro atoms. The maximum Gasteiger partial charge on any atom is 0.417 e. The second kappa shape index (κ2) is 5.54. The van der Waals surface area contributed by atoms with Crippen LogP contribution >= 0.6 is 0 Å². The molecule has 23 heavy (non-hydrogen) atoms. The molecule has 1 aromatic heterocycles. The van der Waals surface area contributed by atoms with Crippen LogP contribution in [0.1, 0.15) is 25.3 Å². The number of hydrogen-bond acceptors (Lipinski definition) is 2. The van der Waals surface area contributed by atoms with Gasteiger partial charge in [0.2, 0.25) is 5.56 Å². The SMILES string of the molecule is C[C@H]1CC[C@H](CF)N1c1ccc2[nH]c(=O)cc(C(F)(F)F)c2c1. The predicted molar refractivity (Wildman–Crippen MR) is 80.5 cm³/mol. The van der Waals surface area contributed by atoms with Crippen molar-refractivity contribution in [2.45, 2.75) is 38.0 Å². The zero-order chi connectivity index (χ0) is 16.8. The van der Waals surface area contributed by atoms with Gasteiger partial charge in [0.15, 0.2) is 0 Å². The molecule has 1 aromatic carbocycles. The van der Waals surface area contributed by atoms with Crippen molar-refractivity contribution in [1.82, 2.24) is 4.98 Å². The number of aromatic amines is 1. The van der Waals surface area contributed by atoms with E-state index in [0.717, 1.165) is 6.42 Å². The molecule has 0 unspecified atom stereocenters. The highest BCUT2D eigenvalue weighted by Gasteiger charge is 2.35. The van der Waals surface area contributed by atoms with Gasteiger partial charge in [0.25, 0.3) is 0 Å². The van der Waals surface area contributed by atoms with Crippen LogP contribution in [0.15, 0.2) is 29.1 Å². The number of nitrogens with one attached hydrogen (secondary N) is 1. The zero-order valence-corrected chi connectivity index (χ0v) is 12.5. The van der Waals surface area contributed by atoms with E-state index >= 15 is 0 Å². The van der Waals surface area contributed by atoms with Gasteiger partial charge in [-0.2, -0.15) is 13.2 Å². The van der Waals surface area contributed by atoms with E-state index in [-0.39, 0.29) is 23.0 Å². The molecule has 1 aliphatic heterocycles. The Morgan fingerprint density at radius 3 is 2.65 bits per heavy atom. The highest BCUT2D eigenvalue weighted by molar-refractivity contribution is 5.86. The van der Waals surface area contributed by atoms with Gasteiger partial charge in [0.05, 0.1) is 11.6 Å². The van der Waals surface area contributed by atoms with Crippen LogP contribution in [0.3, 0.4) is 0 Å². The van der Waals surface area contributed by atoms with Gasteiger partial charge in [-0.3, -0.25) is 4.79 Å². The molecular formula is C16H16F4N2O. The number of halogens is 4. The minimum Gasteiger partial charge on any atom is -0.363 e. The molecule has 1 N–H and O–H groups in total. The molecule has 0 radical (unpaired) electrons. The van der Waals surface area contributed by atoms with E-state index in [1.165, 1.54) is 12.1 Å². The zero-order valence-electron chi connectivity index (χ0n) is 12.5. The number of H-pyrrole nitrogens is 1. The molecule has 3 rings (SSSR count). The Bertz CT molecular complexity index is 784. The van der Waals surface area contributed by atoms with Crippen LogP contribution < -0.4 is 10.5 Å². The first-order chi connectivity index (χ1) is 10.8. The summed E-state index contributed by atoms with van der Waals surface area (Å²) in [6.45, 7) is 1.39. The Labute approximate surface area is 129 Å².